The van der Waals surface area contributed by atoms with Gasteiger partial charge < -0.3 is 14.6 Å². The number of fused-ring (bicyclic) bond motifs is 1. The maximum atomic E-state index is 14.2. The maximum absolute atomic E-state index is 14.2. The number of anilines is 1. The number of piperazine rings is 1. The minimum absolute atomic E-state index is 0.0497. The number of H-pyrrole nitrogens is 1. The molecule has 0 bridgehead atoms. The van der Waals surface area contributed by atoms with Crippen LogP contribution in [0.5, 0.6) is 5.88 Å². The molecule has 3 heterocycles. The lowest BCUT2D eigenvalue weighted by molar-refractivity contribution is 0.111. The first-order chi connectivity index (χ1) is 14.5. The van der Waals surface area contributed by atoms with Crippen molar-refractivity contribution in [3.05, 3.63) is 57.4 Å². The van der Waals surface area contributed by atoms with Gasteiger partial charge in [0.25, 0.3) is 5.88 Å². The summed E-state index contributed by atoms with van der Waals surface area (Å²) in [5.74, 6) is -0.570. The number of methoxy groups -OCH3 is 1. The Bertz CT molecular complexity index is 1160. The van der Waals surface area contributed by atoms with E-state index in [1.165, 1.54) is 13.2 Å². The van der Waals surface area contributed by atoms with E-state index in [1.807, 2.05) is 24.0 Å². The van der Waals surface area contributed by atoms with Crippen LogP contribution >= 0.6 is 0 Å². The standard InChI is InChI=1S/C21H22FN5O3/c1-13-14(3-5-16-18(13)25-20(29)21(24-16)30-2)11-26-7-9-27(10-8-26)17-6-4-15(12-28)23-19(17)22/h3-6,12H,7-11H2,1-2H3,(H,25,29). The molecule has 0 aliphatic carbocycles. The number of hydrogen-bond donors (Lipinski definition) is 1. The average Bonchev–Trinajstić information content (AvgIpc) is 2.76. The van der Waals surface area contributed by atoms with Crippen LogP contribution in [0.1, 0.15) is 21.6 Å². The van der Waals surface area contributed by atoms with E-state index in [1.54, 1.807) is 6.07 Å². The minimum atomic E-state index is -0.620. The SMILES string of the molecule is COc1nc2ccc(CN3CCN(c4ccc(C=O)nc4F)CC3)c(C)c2[nH]c1=O. The fraction of sp³-hybridized carbons (Fsp3) is 0.333. The van der Waals surface area contributed by atoms with Crippen molar-refractivity contribution in [2.75, 3.05) is 38.2 Å². The first-order valence-corrected chi connectivity index (χ1v) is 9.65. The molecule has 30 heavy (non-hydrogen) atoms. The second kappa shape index (κ2) is 8.19. The van der Waals surface area contributed by atoms with Crippen LogP contribution in [0.4, 0.5) is 10.1 Å². The number of halogens is 1. The normalized spacial score (nSPS) is 14.8. The van der Waals surface area contributed by atoms with E-state index < -0.39 is 5.95 Å². The van der Waals surface area contributed by atoms with Crippen molar-refractivity contribution >= 4 is 23.0 Å². The number of carbonyl (C=O) groups is 1. The van der Waals surface area contributed by atoms with Gasteiger partial charge in [0, 0.05) is 32.7 Å². The quantitative estimate of drug-likeness (QED) is 0.507. The number of pyridine rings is 1. The van der Waals surface area contributed by atoms with Crippen LogP contribution in [-0.2, 0) is 6.54 Å². The highest BCUT2D eigenvalue weighted by Crippen LogP contribution is 2.23. The molecule has 0 radical (unpaired) electrons. The molecule has 2 aromatic heterocycles. The van der Waals surface area contributed by atoms with E-state index in [0.717, 1.165) is 24.2 Å². The molecule has 3 aromatic rings. The zero-order chi connectivity index (χ0) is 21.3. The number of aryl methyl sites for hydroxylation is 1. The van der Waals surface area contributed by atoms with Crippen LogP contribution in [-0.4, -0.2) is 59.4 Å². The Morgan fingerprint density at radius 1 is 1.17 bits per heavy atom. The van der Waals surface area contributed by atoms with Crippen LogP contribution in [0.25, 0.3) is 11.0 Å². The Morgan fingerprint density at radius 2 is 1.93 bits per heavy atom. The van der Waals surface area contributed by atoms with Gasteiger partial charge in [-0.2, -0.15) is 4.39 Å². The third-order valence-electron chi connectivity index (χ3n) is 5.48. The molecular formula is C21H22FN5O3. The van der Waals surface area contributed by atoms with Gasteiger partial charge in [0.15, 0.2) is 6.29 Å². The number of hydrogen-bond acceptors (Lipinski definition) is 7. The number of carbonyl (C=O) groups excluding carboxylic acids is 1. The molecule has 8 nitrogen and oxygen atoms in total. The summed E-state index contributed by atoms with van der Waals surface area (Å²) in [6.07, 6.45) is 0.537. The Labute approximate surface area is 172 Å². The van der Waals surface area contributed by atoms with E-state index >= 15 is 0 Å². The molecule has 0 spiro atoms. The van der Waals surface area contributed by atoms with Crippen LogP contribution in [0.15, 0.2) is 29.1 Å². The molecule has 9 heteroatoms. The van der Waals surface area contributed by atoms with Gasteiger partial charge in [-0.15, -0.1) is 0 Å². The third kappa shape index (κ3) is 3.76. The van der Waals surface area contributed by atoms with Crippen LogP contribution in [0, 0.1) is 12.9 Å². The predicted octanol–water partition coefficient (Wildman–Crippen LogP) is 1.91. The number of aromatic amines is 1. The number of benzene rings is 1. The summed E-state index contributed by atoms with van der Waals surface area (Å²) < 4.78 is 19.2. The molecule has 0 unspecified atom stereocenters. The molecule has 1 aliphatic heterocycles. The topological polar surface area (TPSA) is 91.4 Å². The Hall–Kier alpha value is -3.33. The van der Waals surface area contributed by atoms with Gasteiger partial charge in [-0.05, 0) is 36.2 Å². The van der Waals surface area contributed by atoms with Gasteiger partial charge in [0.2, 0.25) is 5.95 Å². The largest absolute Gasteiger partial charge is 0.477 e. The molecule has 0 amide bonds. The molecule has 1 fully saturated rings. The van der Waals surface area contributed by atoms with Crippen molar-refractivity contribution in [2.45, 2.75) is 13.5 Å². The molecule has 4 rings (SSSR count). The molecule has 1 saturated heterocycles. The Balaban J connectivity index is 1.47. The summed E-state index contributed by atoms with van der Waals surface area (Å²) >= 11 is 0. The van der Waals surface area contributed by atoms with Crippen molar-refractivity contribution in [3.8, 4) is 5.88 Å². The van der Waals surface area contributed by atoms with Gasteiger partial charge >= 0.3 is 5.56 Å². The highest BCUT2D eigenvalue weighted by atomic mass is 19.1. The average molecular weight is 411 g/mol. The molecule has 0 saturated carbocycles. The molecule has 1 N–H and O–H groups in total. The summed E-state index contributed by atoms with van der Waals surface area (Å²) in [6.45, 7) is 5.50. The van der Waals surface area contributed by atoms with Crippen molar-refractivity contribution in [1.82, 2.24) is 19.9 Å². The summed E-state index contributed by atoms with van der Waals surface area (Å²) in [5.41, 5.74) is 3.62. The van der Waals surface area contributed by atoms with Crippen molar-refractivity contribution in [1.29, 1.82) is 0 Å². The van der Waals surface area contributed by atoms with E-state index in [4.69, 9.17) is 4.74 Å². The highest BCUT2D eigenvalue weighted by Gasteiger charge is 2.21. The van der Waals surface area contributed by atoms with Crippen molar-refractivity contribution in [2.24, 2.45) is 0 Å². The minimum Gasteiger partial charge on any atom is -0.477 e. The van der Waals surface area contributed by atoms with E-state index in [2.05, 4.69) is 19.9 Å². The van der Waals surface area contributed by atoms with E-state index in [0.29, 0.717) is 42.6 Å². The summed E-state index contributed by atoms with van der Waals surface area (Å²) in [7, 11) is 1.42. The summed E-state index contributed by atoms with van der Waals surface area (Å²) in [5, 5.41) is 0. The van der Waals surface area contributed by atoms with E-state index in [9.17, 15) is 14.0 Å². The smallest absolute Gasteiger partial charge is 0.311 e. The molecule has 1 aliphatic rings. The van der Waals surface area contributed by atoms with Gasteiger partial charge in [-0.1, -0.05) is 6.07 Å². The van der Waals surface area contributed by atoms with Crippen LogP contribution < -0.4 is 15.2 Å². The lowest BCUT2D eigenvalue weighted by Gasteiger charge is -2.36. The lowest BCUT2D eigenvalue weighted by Crippen LogP contribution is -2.46. The van der Waals surface area contributed by atoms with Crippen molar-refractivity contribution < 1.29 is 13.9 Å². The van der Waals surface area contributed by atoms with Gasteiger partial charge in [-0.25, -0.2) is 9.97 Å². The van der Waals surface area contributed by atoms with Crippen LogP contribution in [0.3, 0.4) is 0 Å². The van der Waals surface area contributed by atoms with E-state index in [-0.39, 0.29) is 17.1 Å². The number of ether oxygens (including phenoxy) is 1. The number of nitrogens with zero attached hydrogens (tertiary/aromatic N) is 4. The second-order valence-corrected chi connectivity index (χ2v) is 7.25. The highest BCUT2D eigenvalue weighted by molar-refractivity contribution is 5.79. The first-order valence-electron chi connectivity index (χ1n) is 9.65. The van der Waals surface area contributed by atoms with Crippen LogP contribution in [0.2, 0.25) is 0 Å². The maximum Gasteiger partial charge on any atom is 0.311 e. The predicted molar refractivity (Wildman–Crippen MR) is 111 cm³/mol. The number of aromatic nitrogens is 3. The first kappa shape index (κ1) is 20.0. The summed E-state index contributed by atoms with van der Waals surface area (Å²) in [6, 6.07) is 7.02. The third-order valence-corrected chi connectivity index (χ3v) is 5.48. The molecule has 0 atom stereocenters. The van der Waals surface area contributed by atoms with Gasteiger partial charge in [0.1, 0.15) is 5.69 Å². The zero-order valence-electron chi connectivity index (χ0n) is 16.8. The number of aldehydes is 1. The number of nitrogens with one attached hydrogen (secondary N) is 1. The lowest BCUT2D eigenvalue weighted by atomic mass is 10.1. The second-order valence-electron chi connectivity index (χ2n) is 7.25. The fourth-order valence-electron chi connectivity index (χ4n) is 3.76. The van der Waals surface area contributed by atoms with Gasteiger partial charge in [-0.3, -0.25) is 14.5 Å². The fourth-order valence-corrected chi connectivity index (χ4v) is 3.76. The molecular weight excluding hydrogens is 389 g/mol. The number of rotatable bonds is 5. The zero-order valence-corrected chi connectivity index (χ0v) is 16.8. The Morgan fingerprint density at radius 3 is 2.60 bits per heavy atom. The monoisotopic (exact) mass is 411 g/mol. The molecule has 1 aromatic carbocycles. The van der Waals surface area contributed by atoms with Gasteiger partial charge in [0.05, 0.1) is 23.8 Å². The Kier molecular flexibility index (Phi) is 5.45. The molecule has 156 valence electrons. The van der Waals surface area contributed by atoms with Crippen molar-refractivity contribution in [3.63, 3.8) is 0 Å². The summed E-state index contributed by atoms with van der Waals surface area (Å²) in [4.78, 5) is 37.8.